The molecule has 1 saturated heterocycles. The number of hydrogen-bond donors (Lipinski definition) is 2. The Labute approximate surface area is 114 Å². The molecular weight excluding hydrogens is 268 g/mol. The van der Waals surface area contributed by atoms with Crippen molar-refractivity contribution in [3.63, 3.8) is 0 Å². The fraction of sp³-hybridized carbons (Fsp3) is 0.417. The Morgan fingerprint density at radius 3 is 2.60 bits per heavy atom. The van der Waals surface area contributed by atoms with Crippen molar-refractivity contribution in [1.82, 2.24) is 4.90 Å². The lowest BCUT2D eigenvalue weighted by molar-refractivity contribution is -0.386. The van der Waals surface area contributed by atoms with Gasteiger partial charge in [0.05, 0.1) is 24.7 Å². The maximum atomic E-state index is 12.1. The zero-order chi connectivity index (χ0) is 14.7. The minimum atomic E-state index is -0.847. The van der Waals surface area contributed by atoms with Crippen LogP contribution in [0.5, 0.6) is 11.5 Å². The highest BCUT2D eigenvalue weighted by atomic mass is 16.6. The van der Waals surface area contributed by atoms with Crippen LogP contribution in [0.2, 0.25) is 0 Å². The van der Waals surface area contributed by atoms with Crippen LogP contribution >= 0.6 is 0 Å². The summed E-state index contributed by atoms with van der Waals surface area (Å²) >= 11 is 0. The summed E-state index contributed by atoms with van der Waals surface area (Å²) in [6.45, 7) is 2.38. The number of hydrogen-bond acceptors (Lipinski definition) is 7. The van der Waals surface area contributed by atoms with E-state index >= 15 is 0 Å². The molecule has 0 saturated carbocycles. The van der Waals surface area contributed by atoms with Gasteiger partial charge in [0.2, 0.25) is 5.75 Å². The predicted octanol–water partition coefficient (Wildman–Crippen LogP) is 0.521. The van der Waals surface area contributed by atoms with Crippen molar-refractivity contribution in [1.29, 1.82) is 0 Å². The van der Waals surface area contributed by atoms with Gasteiger partial charge in [0.15, 0.2) is 11.5 Å². The van der Waals surface area contributed by atoms with Gasteiger partial charge < -0.3 is 14.9 Å². The van der Waals surface area contributed by atoms with Crippen LogP contribution in [0, 0.1) is 10.1 Å². The lowest BCUT2D eigenvalue weighted by Crippen LogP contribution is -2.39. The van der Waals surface area contributed by atoms with Gasteiger partial charge >= 0.3 is 5.69 Å². The van der Waals surface area contributed by atoms with Crippen LogP contribution in [0.3, 0.4) is 0 Å². The largest absolute Gasteiger partial charge is 0.504 e. The van der Waals surface area contributed by atoms with Crippen molar-refractivity contribution in [3.05, 3.63) is 27.8 Å². The average molecular weight is 282 g/mol. The third kappa shape index (κ3) is 3.03. The Morgan fingerprint density at radius 1 is 1.35 bits per heavy atom. The van der Waals surface area contributed by atoms with Gasteiger partial charge in [-0.15, -0.1) is 0 Å². The summed E-state index contributed by atoms with van der Waals surface area (Å²) in [6, 6.07) is 2.00. The topological polar surface area (TPSA) is 113 Å². The van der Waals surface area contributed by atoms with E-state index in [4.69, 9.17) is 4.74 Å². The van der Waals surface area contributed by atoms with Crippen molar-refractivity contribution in [2.75, 3.05) is 32.8 Å². The van der Waals surface area contributed by atoms with Gasteiger partial charge in [0.25, 0.3) is 0 Å². The monoisotopic (exact) mass is 282 g/mol. The van der Waals surface area contributed by atoms with Crippen LogP contribution < -0.4 is 0 Å². The van der Waals surface area contributed by atoms with Gasteiger partial charge in [0, 0.05) is 24.7 Å². The second-order valence-electron chi connectivity index (χ2n) is 4.43. The second-order valence-corrected chi connectivity index (χ2v) is 4.43. The van der Waals surface area contributed by atoms with E-state index in [1.165, 1.54) is 0 Å². The molecular formula is C12H14N2O6. The molecule has 20 heavy (non-hydrogen) atoms. The van der Waals surface area contributed by atoms with Crippen LogP contribution in [0.15, 0.2) is 12.1 Å². The number of carbonyl (C=O) groups excluding carboxylic acids is 1. The first kappa shape index (κ1) is 14.2. The summed E-state index contributed by atoms with van der Waals surface area (Å²) in [5.74, 6) is -1.87. The van der Waals surface area contributed by atoms with Crippen molar-refractivity contribution in [2.45, 2.75) is 0 Å². The molecule has 2 rings (SSSR count). The van der Waals surface area contributed by atoms with Crippen LogP contribution in [0.1, 0.15) is 10.4 Å². The zero-order valence-corrected chi connectivity index (χ0v) is 10.6. The summed E-state index contributed by atoms with van der Waals surface area (Å²) in [5.41, 5.74) is -0.686. The van der Waals surface area contributed by atoms with Gasteiger partial charge in [-0.25, -0.2) is 0 Å². The summed E-state index contributed by atoms with van der Waals surface area (Å²) in [7, 11) is 0. The number of ether oxygens (including phenoxy) is 1. The van der Waals surface area contributed by atoms with E-state index in [2.05, 4.69) is 0 Å². The van der Waals surface area contributed by atoms with Gasteiger partial charge in [0.1, 0.15) is 0 Å². The lowest BCUT2D eigenvalue weighted by Gasteiger charge is -2.25. The molecule has 8 heteroatoms. The molecule has 0 amide bonds. The highest BCUT2D eigenvalue weighted by Gasteiger charge is 2.23. The molecule has 1 fully saturated rings. The summed E-state index contributed by atoms with van der Waals surface area (Å²) < 4.78 is 5.16. The van der Waals surface area contributed by atoms with Gasteiger partial charge in [-0.05, 0) is 6.07 Å². The molecule has 1 aliphatic rings. The fourth-order valence-electron chi connectivity index (χ4n) is 1.96. The molecule has 0 radical (unpaired) electrons. The number of Topliss-reactive ketones (excluding diaryl/α,β-unsaturated/α-hetero) is 1. The first-order valence-corrected chi connectivity index (χ1v) is 6.02. The van der Waals surface area contributed by atoms with Gasteiger partial charge in [-0.1, -0.05) is 0 Å². The smallest absolute Gasteiger partial charge is 0.315 e. The number of rotatable bonds is 4. The summed E-state index contributed by atoms with van der Waals surface area (Å²) in [6.07, 6.45) is 0. The third-order valence-electron chi connectivity index (χ3n) is 3.06. The molecule has 1 aromatic carbocycles. The molecule has 2 N–H and O–H groups in total. The van der Waals surface area contributed by atoms with Crippen LogP contribution in [0.25, 0.3) is 0 Å². The average Bonchev–Trinajstić information content (AvgIpc) is 2.42. The molecule has 8 nitrogen and oxygen atoms in total. The normalized spacial score (nSPS) is 16.0. The minimum absolute atomic E-state index is 0.00140. The maximum Gasteiger partial charge on any atom is 0.315 e. The lowest BCUT2D eigenvalue weighted by atomic mass is 10.1. The number of benzene rings is 1. The molecule has 0 atom stereocenters. The number of phenols is 2. The van der Waals surface area contributed by atoms with Gasteiger partial charge in [-0.3, -0.25) is 19.8 Å². The highest BCUT2D eigenvalue weighted by molar-refractivity contribution is 5.99. The molecule has 0 spiro atoms. The summed E-state index contributed by atoms with van der Waals surface area (Å²) in [4.78, 5) is 23.8. The van der Waals surface area contributed by atoms with Crippen LogP contribution in [-0.4, -0.2) is 58.7 Å². The molecule has 108 valence electrons. The molecule has 1 aromatic rings. The molecule has 0 aliphatic carbocycles. The van der Waals surface area contributed by atoms with Crippen molar-refractivity contribution in [2.24, 2.45) is 0 Å². The van der Waals surface area contributed by atoms with Crippen molar-refractivity contribution >= 4 is 11.5 Å². The SMILES string of the molecule is O=C(CN1CCOCC1)c1cc(O)c(O)c([N+](=O)[O-])c1. The minimum Gasteiger partial charge on any atom is -0.504 e. The molecule has 1 aliphatic heterocycles. The maximum absolute atomic E-state index is 12.1. The zero-order valence-electron chi connectivity index (χ0n) is 10.6. The van der Waals surface area contributed by atoms with Crippen molar-refractivity contribution in [3.8, 4) is 11.5 Å². The Balaban J connectivity index is 2.19. The van der Waals surface area contributed by atoms with E-state index in [1.54, 1.807) is 0 Å². The van der Waals surface area contributed by atoms with E-state index in [0.717, 1.165) is 12.1 Å². The number of nitro groups is 1. The number of aromatic hydroxyl groups is 2. The molecule has 0 bridgehead atoms. The highest BCUT2D eigenvalue weighted by Crippen LogP contribution is 2.36. The van der Waals surface area contributed by atoms with E-state index in [9.17, 15) is 25.1 Å². The second kappa shape index (κ2) is 5.85. The van der Waals surface area contributed by atoms with E-state index in [1.807, 2.05) is 4.90 Å². The number of ketones is 1. The number of carbonyl (C=O) groups is 1. The van der Waals surface area contributed by atoms with E-state index < -0.39 is 22.1 Å². The van der Waals surface area contributed by atoms with Crippen molar-refractivity contribution < 1.29 is 24.7 Å². The van der Waals surface area contributed by atoms with E-state index in [0.29, 0.717) is 26.3 Å². The number of nitro benzene ring substituents is 1. The molecule has 0 aromatic heterocycles. The Hall–Kier alpha value is -2.19. The van der Waals surface area contributed by atoms with Crippen LogP contribution in [-0.2, 0) is 4.74 Å². The predicted molar refractivity (Wildman–Crippen MR) is 68.0 cm³/mol. The first-order chi connectivity index (χ1) is 9.49. The molecule has 0 unspecified atom stereocenters. The Bertz CT molecular complexity index is 539. The first-order valence-electron chi connectivity index (χ1n) is 6.02. The van der Waals surface area contributed by atoms with Crippen LogP contribution in [0.4, 0.5) is 5.69 Å². The quantitative estimate of drug-likeness (QED) is 0.358. The van der Waals surface area contributed by atoms with E-state index in [-0.39, 0.29) is 17.9 Å². The standard InChI is InChI=1S/C12H14N2O6/c15-10-6-8(5-9(12(10)17)14(18)19)11(16)7-13-1-3-20-4-2-13/h5-6,15,17H,1-4,7H2. The summed E-state index contributed by atoms with van der Waals surface area (Å²) in [5, 5.41) is 29.5. The molecule has 1 heterocycles. The fourth-order valence-corrected chi connectivity index (χ4v) is 1.96. The Morgan fingerprint density at radius 2 is 2.00 bits per heavy atom. The Kier molecular flexibility index (Phi) is 4.16. The third-order valence-corrected chi connectivity index (χ3v) is 3.06. The number of nitrogens with zero attached hydrogens (tertiary/aromatic N) is 2. The number of morpholine rings is 1. The van der Waals surface area contributed by atoms with Gasteiger partial charge in [-0.2, -0.15) is 0 Å². The number of phenolic OH excluding ortho intramolecular Hbond substituents is 2.